The zero-order chi connectivity index (χ0) is 23.4. The molecule has 1 fully saturated rings. The summed E-state index contributed by atoms with van der Waals surface area (Å²) in [5.41, 5.74) is 3.81. The van der Waals surface area contributed by atoms with Gasteiger partial charge in [0.15, 0.2) is 5.50 Å². The maximum absolute atomic E-state index is 12.5. The minimum absolute atomic E-state index is 0.103. The van der Waals surface area contributed by atoms with Crippen molar-refractivity contribution in [2.45, 2.75) is 25.4 Å². The number of aryl methyl sites for hydroxylation is 1. The Labute approximate surface area is 219 Å². The minimum Gasteiger partial charge on any atom is -0.486 e. The fourth-order valence-electron chi connectivity index (χ4n) is 3.27. The predicted molar refractivity (Wildman–Crippen MR) is 145 cm³/mol. The van der Waals surface area contributed by atoms with Crippen LogP contribution in [-0.4, -0.2) is 11.4 Å². The highest BCUT2D eigenvalue weighted by Crippen LogP contribution is 2.38. The molecule has 2 N–H and O–H groups in total. The van der Waals surface area contributed by atoms with Crippen molar-refractivity contribution in [1.29, 1.82) is 0 Å². The SMILES string of the molecule is CCc1ccc(N[C@@H]2NC(=O)/C(=C/c3cc(Br)c(OCc4ccccc4Cl)c(Br)c3)S2)cc1. The Morgan fingerprint density at radius 2 is 1.82 bits per heavy atom. The first-order valence-electron chi connectivity index (χ1n) is 10.3. The number of carbonyl (C=O) groups is 1. The average Bonchev–Trinajstić information content (AvgIpc) is 3.13. The van der Waals surface area contributed by atoms with Crippen LogP contribution in [-0.2, 0) is 17.8 Å². The number of hydrogen-bond donors (Lipinski definition) is 2. The van der Waals surface area contributed by atoms with E-state index < -0.39 is 0 Å². The third-order valence-corrected chi connectivity index (χ3v) is 7.61. The Kier molecular flexibility index (Phi) is 8.07. The number of thioether (sulfide) groups is 1. The number of ether oxygens (including phenoxy) is 1. The van der Waals surface area contributed by atoms with E-state index in [4.69, 9.17) is 16.3 Å². The van der Waals surface area contributed by atoms with Crippen LogP contribution in [0.3, 0.4) is 0 Å². The fraction of sp³-hybridized carbons (Fsp3) is 0.160. The molecule has 0 unspecified atom stereocenters. The van der Waals surface area contributed by atoms with Crippen molar-refractivity contribution in [2.24, 2.45) is 0 Å². The van der Waals surface area contributed by atoms with Gasteiger partial charge in [-0.3, -0.25) is 4.79 Å². The van der Waals surface area contributed by atoms with E-state index in [1.54, 1.807) is 0 Å². The van der Waals surface area contributed by atoms with E-state index in [0.29, 0.717) is 22.3 Å². The molecule has 3 aromatic rings. The predicted octanol–water partition coefficient (Wildman–Crippen LogP) is 7.61. The molecular formula is C25H21Br2ClN2O2S. The summed E-state index contributed by atoms with van der Waals surface area (Å²) in [6.45, 7) is 2.48. The molecule has 1 heterocycles. The van der Waals surface area contributed by atoms with E-state index in [-0.39, 0.29) is 11.4 Å². The van der Waals surface area contributed by atoms with E-state index in [2.05, 4.69) is 61.5 Å². The van der Waals surface area contributed by atoms with Gasteiger partial charge in [-0.2, -0.15) is 0 Å². The zero-order valence-electron chi connectivity index (χ0n) is 17.7. The first kappa shape index (κ1) is 24.2. The highest BCUT2D eigenvalue weighted by atomic mass is 79.9. The summed E-state index contributed by atoms with van der Waals surface area (Å²) in [5.74, 6) is 0.574. The van der Waals surface area contributed by atoms with Gasteiger partial charge in [0.2, 0.25) is 0 Å². The van der Waals surface area contributed by atoms with Crippen molar-refractivity contribution >= 4 is 72.9 Å². The summed E-state index contributed by atoms with van der Waals surface area (Å²) in [6, 6.07) is 19.7. The van der Waals surface area contributed by atoms with Crippen LogP contribution in [0, 0.1) is 0 Å². The first-order valence-corrected chi connectivity index (χ1v) is 13.2. The van der Waals surface area contributed by atoms with Gasteiger partial charge in [-0.05, 0) is 85.8 Å². The largest absolute Gasteiger partial charge is 0.486 e. The van der Waals surface area contributed by atoms with Gasteiger partial charge < -0.3 is 15.4 Å². The molecule has 0 aromatic heterocycles. The van der Waals surface area contributed by atoms with Crippen LogP contribution in [0.4, 0.5) is 5.69 Å². The van der Waals surface area contributed by atoms with Gasteiger partial charge in [0.1, 0.15) is 12.4 Å². The monoisotopic (exact) mass is 606 g/mol. The molecule has 3 aromatic carbocycles. The van der Waals surface area contributed by atoms with Crippen LogP contribution in [0.5, 0.6) is 5.75 Å². The Bertz CT molecular complexity index is 1180. The van der Waals surface area contributed by atoms with Crippen molar-refractivity contribution in [2.75, 3.05) is 5.32 Å². The van der Waals surface area contributed by atoms with Crippen molar-refractivity contribution < 1.29 is 9.53 Å². The maximum Gasteiger partial charge on any atom is 0.260 e. The number of halogens is 3. The zero-order valence-corrected chi connectivity index (χ0v) is 22.4. The van der Waals surface area contributed by atoms with Gasteiger partial charge in [-0.15, -0.1) is 0 Å². The molecule has 4 rings (SSSR count). The van der Waals surface area contributed by atoms with Crippen LogP contribution >= 0.6 is 55.2 Å². The number of benzene rings is 3. The molecule has 8 heteroatoms. The summed E-state index contributed by atoms with van der Waals surface area (Å²) < 4.78 is 7.55. The van der Waals surface area contributed by atoms with Gasteiger partial charge in [-0.1, -0.05) is 60.6 Å². The molecule has 1 amide bonds. The number of nitrogens with one attached hydrogen (secondary N) is 2. The molecule has 0 aliphatic carbocycles. The second kappa shape index (κ2) is 11.0. The van der Waals surface area contributed by atoms with Crippen LogP contribution in [0.25, 0.3) is 6.08 Å². The normalized spacial score (nSPS) is 16.7. The van der Waals surface area contributed by atoms with Crippen molar-refractivity contribution in [3.05, 3.63) is 96.2 Å². The molecule has 170 valence electrons. The molecule has 4 nitrogen and oxygen atoms in total. The Morgan fingerprint density at radius 3 is 2.48 bits per heavy atom. The lowest BCUT2D eigenvalue weighted by molar-refractivity contribution is -0.116. The maximum atomic E-state index is 12.5. The van der Waals surface area contributed by atoms with Gasteiger partial charge in [0, 0.05) is 16.3 Å². The second-order valence-electron chi connectivity index (χ2n) is 7.37. The van der Waals surface area contributed by atoms with Crippen molar-refractivity contribution in [1.82, 2.24) is 5.32 Å². The van der Waals surface area contributed by atoms with Crippen LogP contribution in [0.15, 0.2) is 74.5 Å². The van der Waals surface area contributed by atoms with E-state index in [9.17, 15) is 4.79 Å². The van der Waals surface area contributed by atoms with Gasteiger partial charge in [-0.25, -0.2) is 0 Å². The van der Waals surface area contributed by atoms with Crippen LogP contribution in [0.1, 0.15) is 23.6 Å². The third-order valence-electron chi connectivity index (χ3n) is 5.04. The minimum atomic E-state index is -0.221. The summed E-state index contributed by atoms with van der Waals surface area (Å²) in [7, 11) is 0. The van der Waals surface area contributed by atoms with E-state index in [1.165, 1.54) is 17.3 Å². The smallest absolute Gasteiger partial charge is 0.260 e. The van der Waals surface area contributed by atoms with E-state index >= 15 is 0 Å². The standard InChI is InChI=1S/C25H21Br2ClN2O2S/c1-2-15-7-9-18(10-8-15)29-25-30-24(31)22(33-25)13-16-11-19(26)23(20(27)12-16)32-14-17-5-3-4-6-21(17)28/h3-13,25,29H,2,14H2,1H3,(H,30,31)/b22-13-/t25-/m1/s1. The number of hydrogen-bond acceptors (Lipinski definition) is 4. The molecule has 0 bridgehead atoms. The van der Waals surface area contributed by atoms with Crippen molar-refractivity contribution in [3.8, 4) is 5.75 Å². The lowest BCUT2D eigenvalue weighted by Gasteiger charge is -2.13. The Morgan fingerprint density at radius 1 is 1.12 bits per heavy atom. The van der Waals surface area contributed by atoms with Gasteiger partial charge in [0.05, 0.1) is 13.9 Å². The number of carbonyl (C=O) groups excluding carboxylic acids is 1. The molecule has 1 atom stereocenters. The van der Waals surface area contributed by atoms with Crippen molar-refractivity contribution in [3.63, 3.8) is 0 Å². The van der Waals surface area contributed by atoms with Crippen LogP contribution < -0.4 is 15.4 Å². The summed E-state index contributed by atoms with van der Waals surface area (Å²) in [4.78, 5) is 13.1. The highest BCUT2D eigenvalue weighted by Gasteiger charge is 2.27. The fourth-order valence-corrected chi connectivity index (χ4v) is 5.90. The summed E-state index contributed by atoms with van der Waals surface area (Å²) >= 11 is 14.9. The molecular weight excluding hydrogens is 588 g/mol. The molecule has 0 spiro atoms. The molecule has 1 saturated heterocycles. The van der Waals surface area contributed by atoms with E-state index in [0.717, 1.165) is 32.2 Å². The topological polar surface area (TPSA) is 50.4 Å². The Hall–Kier alpha value is -1.93. The molecule has 0 radical (unpaired) electrons. The van der Waals surface area contributed by atoms with Gasteiger partial charge in [0.25, 0.3) is 5.91 Å². The number of amides is 1. The average molecular weight is 609 g/mol. The first-order chi connectivity index (χ1) is 15.9. The Balaban J connectivity index is 1.44. The molecule has 0 saturated carbocycles. The molecule has 33 heavy (non-hydrogen) atoms. The second-order valence-corrected chi connectivity index (χ2v) is 10.6. The van der Waals surface area contributed by atoms with Gasteiger partial charge >= 0.3 is 0 Å². The van der Waals surface area contributed by atoms with E-state index in [1.807, 2.05) is 54.6 Å². The molecule has 1 aliphatic rings. The lowest BCUT2D eigenvalue weighted by atomic mass is 10.1. The number of anilines is 1. The summed E-state index contributed by atoms with van der Waals surface area (Å²) in [5, 5.41) is 6.98. The summed E-state index contributed by atoms with van der Waals surface area (Å²) in [6.07, 6.45) is 2.87. The molecule has 1 aliphatic heterocycles. The highest BCUT2D eigenvalue weighted by molar-refractivity contribution is 9.11. The van der Waals surface area contributed by atoms with Crippen LogP contribution in [0.2, 0.25) is 5.02 Å². The third kappa shape index (κ3) is 6.15. The lowest BCUT2D eigenvalue weighted by Crippen LogP contribution is -2.30. The quantitative estimate of drug-likeness (QED) is 0.271. The number of rotatable bonds is 7.